The van der Waals surface area contributed by atoms with Gasteiger partial charge in [0.05, 0.1) is 0 Å². The van der Waals surface area contributed by atoms with E-state index in [1.807, 2.05) is 42.5 Å². The van der Waals surface area contributed by atoms with E-state index in [1.165, 1.54) is 18.2 Å². The van der Waals surface area contributed by atoms with E-state index in [0.29, 0.717) is 5.56 Å². The molecule has 0 aliphatic heterocycles. The fraction of sp³-hybridized carbons (Fsp3) is 0.333. The van der Waals surface area contributed by atoms with Gasteiger partial charge in [-0.2, -0.15) is 4.39 Å². The number of hydrogen-bond acceptors (Lipinski definition) is 10. The molecule has 0 saturated heterocycles. The molecule has 19 nitrogen and oxygen atoms in total. The molecule has 0 aliphatic carbocycles. The molecule has 4 unspecified atom stereocenters. The fourth-order valence-corrected chi connectivity index (χ4v) is 6.61. The van der Waals surface area contributed by atoms with Gasteiger partial charge in [-0.25, -0.2) is 19.4 Å². The molecule has 5 amide bonds. The highest BCUT2D eigenvalue weighted by molar-refractivity contribution is 5.99. The zero-order chi connectivity index (χ0) is 47.5. The number of benzene rings is 3. The lowest BCUT2D eigenvalue weighted by Gasteiger charge is -2.20. The number of aliphatic carboxylic acids is 4. The van der Waals surface area contributed by atoms with E-state index in [4.69, 9.17) is 5.11 Å². The second kappa shape index (κ2) is 24.8. The third-order valence-electron chi connectivity index (χ3n) is 10.2. The minimum Gasteiger partial charge on any atom is -0.481 e. The van der Waals surface area contributed by atoms with Crippen molar-refractivity contribution in [3.63, 3.8) is 0 Å². The summed E-state index contributed by atoms with van der Waals surface area (Å²) in [5.41, 5.74) is 1.56. The highest BCUT2D eigenvalue weighted by atomic mass is 18.2. The molecular formula is C45H49FN6O13. The molecule has 1 heterocycles. The van der Waals surface area contributed by atoms with Gasteiger partial charge >= 0.3 is 29.9 Å². The lowest BCUT2D eigenvalue weighted by Crippen LogP contribution is -2.51. The quantitative estimate of drug-likeness (QED) is 0.0248. The summed E-state index contributed by atoms with van der Waals surface area (Å²) < 4.78 is 13.2. The van der Waals surface area contributed by atoms with Crippen molar-refractivity contribution in [1.82, 2.24) is 31.6 Å². The molecular weight excluding hydrogens is 851 g/mol. The van der Waals surface area contributed by atoms with Gasteiger partial charge in [0, 0.05) is 62.0 Å². The molecule has 0 aliphatic rings. The van der Waals surface area contributed by atoms with Crippen molar-refractivity contribution in [2.24, 2.45) is 5.92 Å². The summed E-state index contributed by atoms with van der Waals surface area (Å²) in [6.07, 6.45) is -0.300. The van der Waals surface area contributed by atoms with Crippen LogP contribution in [0, 0.1) is 11.9 Å². The number of rotatable bonds is 26. The molecule has 9 N–H and O–H groups in total. The number of nitrogens with one attached hydrogen (secondary N) is 5. The Morgan fingerprint density at radius 1 is 0.600 bits per heavy atom. The Morgan fingerprint density at radius 2 is 1.22 bits per heavy atom. The van der Waals surface area contributed by atoms with Gasteiger partial charge in [-0.05, 0) is 78.3 Å². The Labute approximate surface area is 371 Å². The van der Waals surface area contributed by atoms with Crippen molar-refractivity contribution < 1.29 is 68.0 Å². The van der Waals surface area contributed by atoms with Gasteiger partial charge in [0.2, 0.25) is 17.8 Å². The molecule has 4 aromatic rings. The minimum atomic E-state index is -1.56. The number of halogens is 1. The molecule has 0 spiro atoms. The normalized spacial score (nSPS) is 12.7. The van der Waals surface area contributed by atoms with Crippen molar-refractivity contribution in [2.75, 3.05) is 6.54 Å². The number of hydrogen-bond donors (Lipinski definition) is 9. The number of amides is 5. The molecule has 65 heavy (non-hydrogen) atoms. The van der Waals surface area contributed by atoms with E-state index < -0.39 is 96.2 Å². The van der Waals surface area contributed by atoms with E-state index in [2.05, 4.69) is 31.6 Å². The van der Waals surface area contributed by atoms with Gasteiger partial charge in [0.15, 0.2) is 5.78 Å². The fourth-order valence-electron chi connectivity index (χ4n) is 6.61. The number of pyridine rings is 1. The van der Waals surface area contributed by atoms with Crippen LogP contribution in [0.25, 0.3) is 10.8 Å². The first-order chi connectivity index (χ1) is 31.0. The highest BCUT2D eigenvalue weighted by Crippen LogP contribution is 2.19. The van der Waals surface area contributed by atoms with Crippen LogP contribution in [-0.2, 0) is 41.7 Å². The average molecular weight is 900 g/mol. The van der Waals surface area contributed by atoms with Crippen molar-refractivity contribution in [3.05, 3.63) is 113 Å². The molecule has 3 aromatic carbocycles. The molecule has 0 saturated carbocycles. The minimum absolute atomic E-state index is 0.0279. The maximum absolute atomic E-state index is 13.6. The predicted octanol–water partition coefficient (Wildman–Crippen LogP) is 3.44. The Morgan fingerprint density at radius 3 is 1.85 bits per heavy atom. The predicted molar refractivity (Wildman–Crippen MR) is 229 cm³/mol. The smallest absolute Gasteiger partial charge is 0.326 e. The topological polar surface area (TPSA) is 308 Å². The summed E-state index contributed by atoms with van der Waals surface area (Å²) in [4.78, 5) is 114. The van der Waals surface area contributed by atoms with E-state index in [-0.39, 0.29) is 69.2 Å². The zero-order valence-electron chi connectivity index (χ0n) is 35.0. The summed E-state index contributed by atoms with van der Waals surface area (Å²) in [6, 6.07) is 16.4. The monoisotopic (exact) mass is 899 g/mol. The Bertz CT molecular complexity index is 2360. The number of carboxylic acid groups (broad SMARTS) is 4. The van der Waals surface area contributed by atoms with Crippen molar-refractivity contribution >= 4 is 64.2 Å². The van der Waals surface area contributed by atoms with Gasteiger partial charge in [0.25, 0.3) is 5.91 Å². The standard InChI is InChI=1S/C45H49FN6O13/c46-37-17-14-32(25-48-37)36(53)23-31(15-18-38(54)55)40(58)49-24-26-8-12-29(13-9-26)41(59)50-35(22-27-10-11-28-5-1-2-6-30(28)21-27)42(60)47-20-4-3-7-33(43(61)62)51-45(65)52-34(44(63)64)16-19-39(56)57/h1-2,5-6,8-14,17,21,25,31,33-35H,3-4,7,15-16,18-20,22-24H2,(H,47,60)(H,49,58)(H,50,59)(H,54,55)(H,56,57)(H,61,62)(H,63,64)(H2,51,52,65)/i46-1. The number of urea groups is 1. The van der Waals surface area contributed by atoms with Gasteiger partial charge in [0.1, 0.15) is 18.1 Å². The number of fused-ring (bicyclic) bond motifs is 1. The third kappa shape index (κ3) is 16.8. The summed E-state index contributed by atoms with van der Waals surface area (Å²) in [7, 11) is 0. The number of ketones is 1. The third-order valence-corrected chi connectivity index (χ3v) is 10.2. The molecule has 4 atom stereocenters. The summed E-state index contributed by atoms with van der Waals surface area (Å²) in [5.74, 6) is -9.33. The van der Waals surface area contributed by atoms with Crippen molar-refractivity contribution in [1.29, 1.82) is 0 Å². The number of carboxylic acids is 4. The van der Waals surface area contributed by atoms with Gasteiger partial charge in [-0.3, -0.25) is 28.8 Å². The first kappa shape index (κ1) is 49.9. The Balaban J connectivity index is 1.35. The van der Waals surface area contributed by atoms with Crippen LogP contribution in [0.2, 0.25) is 0 Å². The number of nitrogens with zero attached hydrogens (tertiary/aromatic N) is 1. The summed E-state index contributed by atoms with van der Waals surface area (Å²) in [6.45, 7) is 0.0345. The van der Waals surface area contributed by atoms with Crippen molar-refractivity contribution in [3.8, 4) is 0 Å². The van der Waals surface area contributed by atoms with E-state index in [1.54, 1.807) is 12.1 Å². The SMILES string of the molecule is O=C(O)CCC(CC(=O)c1ccc([18F])nc1)C(=O)NCc1ccc(C(=O)NC(Cc2ccc3ccccc3c2)C(=O)NCCCCC(NC(=O)NC(CCC(=O)O)C(=O)O)C(=O)O)cc1. The largest absolute Gasteiger partial charge is 0.481 e. The van der Waals surface area contributed by atoms with Gasteiger partial charge in [-0.1, -0.05) is 54.6 Å². The summed E-state index contributed by atoms with van der Waals surface area (Å²) in [5, 5.41) is 51.3. The number of Topliss-reactive ketones (excluding diaryl/α,β-unsaturated/α-hetero) is 1. The van der Waals surface area contributed by atoms with Crippen LogP contribution in [0.3, 0.4) is 0 Å². The second-order valence-corrected chi connectivity index (χ2v) is 15.1. The maximum atomic E-state index is 13.6. The molecule has 20 heteroatoms. The van der Waals surface area contributed by atoms with Crippen molar-refractivity contribution in [2.45, 2.75) is 82.5 Å². The van der Waals surface area contributed by atoms with E-state index in [9.17, 15) is 62.9 Å². The molecule has 1 aromatic heterocycles. The van der Waals surface area contributed by atoms with Crippen LogP contribution in [-0.4, -0.2) is 103 Å². The molecule has 4 rings (SSSR count). The first-order valence-corrected chi connectivity index (χ1v) is 20.5. The zero-order valence-corrected chi connectivity index (χ0v) is 35.0. The molecule has 0 fully saturated rings. The van der Waals surface area contributed by atoms with Crippen LogP contribution in [0.4, 0.5) is 9.18 Å². The average Bonchev–Trinajstić information content (AvgIpc) is 3.27. The van der Waals surface area contributed by atoms with Crippen LogP contribution in [0.5, 0.6) is 0 Å². The molecule has 0 radical (unpaired) electrons. The Kier molecular flexibility index (Phi) is 19.0. The van der Waals surface area contributed by atoms with E-state index in [0.717, 1.165) is 28.6 Å². The number of unbranched alkanes of at least 4 members (excludes halogenated alkanes) is 1. The second-order valence-electron chi connectivity index (χ2n) is 15.1. The lowest BCUT2D eigenvalue weighted by molar-refractivity contribution is -0.141. The first-order valence-electron chi connectivity index (χ1n) is 20.5. The Hall–Kier alpha value is -7.77. The maximum Gasteiger partial charge on any atom is 0.326 e. The summed E-state index contributed by atoms with van der Waals surface area (Å²) >= 11 is 0. The molecule has 0 bridgehead atoms. The number of aromatic nitrogens is 1. The van der Waals surface area contributed by atoms with Crippen LogP contribution in [0.1, 0.15) is 83.2 Å². The van der Waals surface area contributed by atoms with Gasteiger partial charge in [-0.15, -0.1) is 0 Å². The number of carbonyl (C=O) groups excluding carboxylic acids is 5. The lowest BCUT2D eigenvalue weighted by atomic mass is 9.93. The van der Waals surface area contributed by atoms with E-state index >= 15 is 0 Å². The van der Waals surface area contributed by atoms with Crippen LogP contribution >= 0.6 is 0 Å². The van der Waals surface area contributed by atoms with Gasteiger partial charge < -0.3 is 47.0 Å². The molecule has 344 valence electrons. The number of carbonyl (C=O) groups is 9. The van der Waals surface area contributed by atoms with Crippen LogP contribution in [0.15, 0.2) is 85.1 Å². The van der Waals surface area contributed by atoms with Crippen LogP contribution < -0.4 is 26.6 Å². The highest BCUT2D eigenvalue weighted by Gasteiger charge is 2.27.